The molecule has 9 heteroatoms. The number of hydrogen-bond donors (Lipinski definition) is 3. The van der Waals surface area contributed by atoms with E-state index in [0.717, 1.165) is 0 Å². The third-order valence-electron chi connectivity index (χ3n) is 2.57. The first kappa shape index (κ1) is 13.7. The summed E-state index contributed by atoms with van der Waals surface area (Å²) in [6.45, 7) is 1.51. The van der Waals surface area contributed by atoms with Crippen molar-refractivity contribution in [3.63, 3.8) is 0 Å². The molecule has 0 saturated heterocycles. The highest BCUT2D eigenvalue weighted by atomic mass is 16.5. The number of esters is 1. The number of rotatable bonds is 5. The van der Waals surface area contributed by atoms with Crippen LogP contribution in [0.25, 0.3) is 11.2 Å². The van der Waals surface area contributed by atoms with Gasteiger partial charge in [-0.25, -0.2) is 19.7 Å². The molecule has 2 aromatic heterocycles. The largest absolute Gasteiger partial charge is 0.467 e. The third-order valence-corrected chi connectivity index (χ3v) is 2.57. The first-order valence-electron chi connectivity index (χ1n) is 5.87. The second kappa shape index (κ2) is 5.95. The summed E-state index contributed by atoms with van der Waals surface area (Å²) in [4.78, 5) is 37.7. The quantitative estimate of drug-likeness (QED) is 0.627. The maximum Gasteiger partial charge on any atom is 0.328 e. The van der Waals surface area contributed by atoms with Crippen molar-refractivity contribution in [2.45, 2.75) is 13.0 Å². The topological polar surface area (TPSA) is 122 Å². The second-order valence-corrected chi connectivity index (χ2v) is 3.99. The molecule has 0 aliphatic rings. The second-order valence-electron chi connectivity index (χ2n) is 3.99. The lowest BCUT2D eigenvalue weighted by molar-refractivity contribution is -0.144. The van der Waals surface area contributed by atoms with Crippen molar-refractivity contribution in [3.8, 4) is 0 Å². The van der Waals surface area contributed by atoms with Gasteiger partial charge in [0.25, 0.3) is 0 Å². The molecule has 2 rings (SSSR count). The first-order chi connectivity index (χ1) is 9.61. The van der Waals surface area contributed by atoms with Gasteiger partial charge in [0.15, 0.2) is 11.5 Å². The van der Waals surface area contributed by atoms with E-state index in [1.54, 1.807) is 6.92 Å². The molecule has 0 aliphatic carbocycles. The van der Waals surface area contributed by atoms with Crippen molar-refractivity contribution >= 4 is 28.9 Å². The van der Waals surface area contributed by atoms with Crippen molar-refractivity contribution in [1.29, 1.82) is 0 Å². The summed E-state index contributed by atoms with van der Waals surface area (Å²) < 4.78 is 4.51. The molecule has 0 saturated carbocycles. The van der Waals surface area contributed by atoms with Crippen LogP contribution in [0.15, 0.2) is 12.7 Å². The smallest absolute Gasteiger partial charge is 0.328 e. The predicted octanol–water partition coefficient (Wildman–Crippen LogP) is -0.557. The van der Waals surface area contributed by atoms with E-state index >= 15 is 0 Å². The molecule has 106 valence electrons. The molecule has 0 bridgehead atoms. The number of amides is 1. The van der Waals surface area contributed by atoms with Gasteiger partial charge in [0.2, 0.25) is 5.91 Å². The third kappa shape index (κ3) is 2.99. The maximum absolute atomic E-state index is 11.7. The number of nitrogens with zero attached hydrogens (tertiary/aromatic N) is 3. The number of aromatic amines is 1. The minimum absolute atomic E-state index is 0.0353. The minimum atomic E-state index is -0.702. The number of imidazole rings is 1. The van der Waals surface area contributed by atoms with Gasteiger partial charge in [0, 0.05) is 0 Å². The molecule has 1 atom stereocenters. The molecular formula is C11H14N6O3. The van der Waals surface area contributed by atoms with Crippen molar-refractivity contribution in [1.82, 2.24) is 25.3 Å². The molecule has 0 radical (unpaired) electrons. The molecule has 0 fully saturated rings. The molecule has 0 aliphatic heterocycles. The zero-order chi connectivity index (χ0) is 14.5. The Hall–Kier alpha value is -2.71. The number of nitrogens with one attached hydrogen (secondary N) is 3. The molecule has 0 unspecified atom stereocenters. The van der Waals surface area contributed by atoms with Crippen LogP contribution in [-0.2, 0) is 14.3 Å². The van der Waals surface area contributed by atoms with Crippen molar-refractivity contribution in [2.24, 2.45) is 0 Å². The van der Waals surface area contributed by atoms with Crippen LogP contribution in [0.2, 0.25) is 0 Å². The van der Waals surface area contributed by atoms with E-state index < -0.39 is 12.0 Å². The minimum Gasteiger partial charge on any atom is -0.467 e. The van der Waals surface area contributed by atoms with Crippen LogP contribution in [-0.4, -0.2) is 51.5 Å². The van der Waals surface area contributed by atoms with E-state index in [-0.39, 0.29) is 12.5 Å². The summed E-state index contributed by atoms with van der Waals surface area (Å²) in [5.41, 5.74) is 1.12. The van der Waals surface area contributed by atoms with Gasteiger partial charge in [-0.1, -0.05) is 0 Å². The van der Waals surface area contributed by atoms with Gasteiger partial charge in [-0.2, -0.15) is 0 Å². The Morgan fingerprint density at radius 3 is 2.95 bits per heavy atom. The highest BCUT2D eigenvalue weighted by Crippen LogP contribution is 2.13. The Morgan fingerprint density at radius 1 is 1.40 bits per heavy atom. The molecular weight excluding hydrogens is 264 g/mol. The van der Waals surface area contributed by atoms with E-state index in [9.17, 15) is 9.59 Å². The predicted molar refractivity (Wildman–Crippen MR) is 69.8 cm³/mol. The van der Waals surface area contributed by atoms with E-state index in [1.165, 1.54) is 19.8 Å². The zero-order valence-corrected chi connectivity index (χ0v) is 11.0. The van der Waals surface area contributed by atoms with Gasteiger partial charge >= 0.3 is 5.97 Å². The van der Waals surface area contributed by atoms with Gasteiger partial charge in [0.05, 0.1) is 20.0 Å². The van der Waals surface area contributed by atoms with Crippen molar-refractivity contribution in [2.75, 3.05) is 19.0 Å². The Balaban J connectivity index is 1.93. The van der Waals surface area contributed by atoms with Gasteiger partial charge in [-0.05, 0) is 6.92 Å². The molecule has 1 amide bonds. The summed E-state index contributed by atoms with van der Waals surface area (Å²) in [7, 11) is 1.26. The number of methoxy groups -OCH3 is 1. The van der Waals surface area contributed by atoms with Crippen LogP contribution in [0.4, 0.5) is 5.82 Å². The van der Waals surface area contributed by atoms with Crippen LogP contribution in [0.3, 0.4) is 0 Å². The maximum atomic E-state index is 11.7. The number of ether oxygens (including phenoxy) is 1. The molecule has 3 N–H and O–H groups in total. The van der Waals surface area contributed by atoms with Crippen LogP contribution in [0, 0.1) is 0 Å². The lowest BCUT2D eigenvalue weighted by atomic mass is 10.3. The summed E-state index contributed by atoms with van der Waals surface area (Å²) >= 11 is 0. The van der Waals surface area contributed by atoms with Crippen molar-refractivity contribution < 1.29 is 14.3 Å². The number of hydrogen-bond acceptors (Lipinski definition) is 7. The summed E-state index contributed by atoms with van der Waals surface area (Å²) in [5.74, 6) is -0.390. The highest BCUT2D eigenvalue weighted by molar-refractivity contribution is 5.88. The monoisotopic (exact) mass is 278 g/mol. The Morgan fingerprint density at radius 2 is 2.20 bits per heavy atom. The fraction of sp³-hybridized carbons (Fsp3) is 0.364. The number of fused-ring (bicyclic) bond motifs is 1. The normalized spacial score (nSPS) is 11.9. The van der Waals surface area contributed by atoms with E-state index in [0.29, 0.717) is 17.0 Å². The summed E-state index contributed by atoms with van der Waals surface area (Å²) in [5, 5.41) is 5.35. The number of aromatic nitrogens is 4. The fourth-order valence-electron chi connectivity index (χ4n) is 1.59. The van der Waals surface area contributed by atoms with Gasteiger partial charge < -0.3 is 20.4 Å². The van der Waals surface area contributed by atoms with Gasteiger partial charge in [0.1, 0.15) is 17.9 Å². The number of H-pyrrole nitrogens is 1. The standard InChI is InChI=1S/C11H14N6O3/c1-6(11(19)20-2)17-7(18)3-12-9-8-10(14-4-13-8)16-5-15-9/h4-6H,3H2,1-2H3,(H,17,18)(H2,12,13,14,15,16)/t6-/m0/s1. The van der Waals surface area contributed by atoms with E-state index in [2.05, 4.69) is 35.3 Å². The average Bonchev–Trinajstić information content (AvgIpc) is 2.92. The van der Waals surface area contributed by atoms with Crippen LogP contribution in [0.1, 0.15) is 6.92 Å². The van der Waals surface area contributed by atoms with E-state index in [4.69, 9.17) is 0 Å². The molecule has 9 nitrogen and oxygen atoms in total. The number of carbonyl (C=O) groups excluding carboxylic acids is 2. The highest BCUT2D eigenvalue weighted by Gasteiger charge is 2.15. The zero-order valence-electron chi connectivity index (χ0n) is 11.0. The van der Waals surface area contributed by atoms with Crippen LogP contribution >= 0.6 is 0 Å². The Kier molecular flexibility index (Phi) is 4.08. The summed E-state index contributed by atoms with van der Waals surface area (Å²) in [6.07, 6.45) is 2.84. The number of carbonyl (C=O) groups is 2. The lowest BCUT2D eigenvalue weighted by Gasteiger charge is -2.12. The fourth-order valence-corrected chi connectivity index (χ4v) is 1.59. The molecule has 0 spiro atoms. The van der Waals surface area contributed by atoms with Gasteiger partial charge in [-0.3, -0.25) is 4.79 Å². The first-order valence-corrected chi connectivity index (χ1v) is 5.87. The Bertz CT molecular complexity index is 625. The molecule has 0 aromatic carbocycles. The van der Waals surface area contributed by atoms with Crippen LogP contribution in [0.5, 0.6) is 0 Å². The summed E-state index contributed by atoms with van der Waals surface area (Å²) in [6, 6.07) is -0.702. The van der Waals surface area contributed by atoms with E-state index in [1.807, 2.05) is 0 Å². The molecule has 2 heterocycles. The Labute approximate surface area is 114 Å². The SMILES string of the molecule is COC(=O)[C@H](C)NC(=O)CNc1ncnc2nc[nH]c12. The number of anilines is 1. The van der Waals surface area contributed by atoms with Gasteiger partial charge in [-0.15, -0.1) is 0 Å². The van der Waals surface area contributed by atoms with Crippen LogP contribution < -0.4 is 10.6 Å². The van der Waals surface area contributed by atoms with Crippen molar-refractivity contribution in [3.05, 3.63) is 12.7 Å². The molecule has 2 aromatic rings. The molecule has 20 heavy (non-hydrogen) atoms. The lowest BCUT2D eigenvalue weighted by Crippen LogP contribution is -2.41. The average molecular weight is 278 g/mol.